The molecule has 1 aromatic rings. The van der Waals surface area contributed by atoms with Crippen LogP contribution in [0.3, 0.4) is 0 Å². The minimum atomic E-state index is -0.441. The lowest BCUT2D eigenvalue weighted by atomic mass is 9.94. The van der Waals surface area contributed by atoms with Gasteiger partial charge in [-0.3, -0.25) is 5.73 Å². The average molecular weight is 272 g/mol. The number of halogens is 2. The monoisotopic (exact) mass is 271 g/mol. The second-order valence-electron chi connectivity index (χ2n) is 5.03. The summed E-state index contributed by atoms with van der Waals surface area (Å²) in [6.07, 6.45) is 1.63. The summed E-state index contributed by atoms with van der Waals surface area (Å²) < 4.78 is 14.1. The Morgan fingerprint density at radius 1 is 1.50 bits per heavy atom. The summed E-state index contributed by atoms with van der Waals surface area (Å²) in [5.74, 6) is 0.00819. The van der Waals surface area contributed by atoms with Crippen LogP contribution in [-0.2, 0) is 5.41 Å². The van der Waals surface area contributed by atoms with E-state index in [1.165, 1.54) is 12.1 Å². The standard InChI is InChI=1S/C13H16ClFN2O/c1-8(2)17(18)12(16)13(5-6-13)10-4-3-9(15)7-11(10)14/h3-4,7-8,16,18H,5-6H2,1-2H3/p+1. The van der Waals surface area contributed by atoms with E-state index in [2.05, 4.69) is 0 Å². The summed E-state index contributed by atoms with van der Waals surface area (Å²) in [4.78, 5) is 0. The fourth-order valence-electron chi connectivity index (χ4n) is 2.16. The maximum atomic E-state index is 13.1. The lowest BCUT2D eigenvalue weighted by molar-refractivity contribution is -0.796. The summed E-state index contributed by atoms with van der Waals surface area (Å²) >= 11 is 6.07. The zero-order valence-electron chi connectivity index (χ0n) is 10.5. The number of hydrogen-bond donors (Lipinski definition) is 2. The van der Waals surface area contributed by atoms with Gasteiger partial charge in [-0.25, -0.2) is 4.39 Å². The largest absolute Gasteiger partial charge is 0.355 e. The minimum absolute atomic E-state index is 0.110. The molecule has 1 fully saturated rings. The van der Waals surface area contributed by atoms with Crippen molar-refractivity contribution in [2.24, 2.45) is 5.73 Å². The van der Waals surface area contributed by atoms with Crippen molar-refractivity contribution in [3.63, 3.8) is 0 Å². The topological polar surface area (TPSA) is 49.3 Å². The molecule has 18 heavy (non-hydrogen) atoms. The molecule has 0 heterocycles. The lowest BCUT2D eigenvalue weighted by Gasteiger charge is -2.16. The van der Waals surface area contributed by atoms with E-state index in [1.807, 2.05) is 13.8 Å². The molecule has 1 aromatic carbocycles. The fourth-order valence-corrected chi connectivity index (χ4v) is 2.51. The summed E-state index contributed by atoms with van der Waals surface area (Å²) in [6, 6.07) is 4.18. The summed E-state index contributed by atoms with van der Waals surface area (Å²) in [6.45, 7) is 3.68. The highest BCUT2D eigenvalue weighted by atomic mass is 35.5. The van der Waals surface area contributed by atoms with Crippen molar-refractivity contribution in [2.45, 2.75) is 38.1 Å². The van der Waals surface area contributed by atoms with E-state index in [-0.39, 0.29) is 11.9 Å². The molecule has 0 saturated heterocycles. The van der Waals surface area contributed by atoms with Crippen LogP contribution in [-0.4, -0.2) is 21.8 Å². The Hall–Kier alpha value is -1.29. The Labute approximate surface area is 111 Å². The third-order valence-electron chi connectivity index (χ3n) is 3.42. The predicted octanol–water partition coefficient (Wildman–Crippen LogP) is 2.68. The Bertz CT molecular complexity index is 510. The van der Waals surface area contributed by atoms with Gasteiger partial charge in [0.05, 0.1) is 0 Å². The molecule has 0 aromatic heterocycles. The lowest BCUT2D eigenvalue weighted by Crippen LogP contribution is -2.40. The molecular weight excluding hydrogens is 255 g/mol. The molecule has 1 aliphatic carbocycles. The van der Waals surface area contributed by atoms with Crippen LogP contribution in [0.5, 0.6) is 0 Å². The van der Waals surface area contributed by atoms with E-state index in [4.69, 9.17) is 17.3 Å². The molecule has 5 heteroatoms. The summed E-state index contributed by atoms with van der Waals surface area (Å²) in [7, 11) is 0. The molecule has 3 nitrogen and oxygen atoms in total. The van der Waals surface area contributed by atoms with Gasteiger partial charge >= 0.3 is 0 Å². The molecule has 0 spiro atoms. The van der Waals surface area contributed by atoms with Crippen LogP contribution in [0, 0.1) is 5.82 Å². The molecule has 98 valence electrons. The van der Waals surface area contributed by atoms with Crippen molar-refractivity contribution in [2.75, 3.05) is 0 Å². The molecule has 1 aliphatic rings. The first-order valence-corrected chi connectivity index (χ1v) is 6.33. The molecule has 0 radical (unpaired) electrons. The highest BCUT2D eigenvalue weighted by molar-refractivity contribution is 6.31. The minimum Gasteiger partial charge on any atom is -0.355 e. The second kappa shape index (κ2) is 4.43. The van der Waals surface area contributed by atoms with E-state index < -0.39 is 5.41 Å². The van der Waals surface area contributed by atoms with Gasteiger partial charge in [0.25, 0.3) is 5.84 Å². The maximum Gasteiger partial charge on any atom is 0.292 e. The quantitative estimate of drug-likeness (QED) is 0.292. The van der Waals surface area contributed by atoms with Crippen molar-refractivity contribution in [3.8, 4) is 0 Å². The molecule has 3 N–H and O–H groups in total. The summed E-state index contributed by atoms with van der Waals surface area (Å²) in [5.41, 5.74) is 6.38. The molecule has 0 atom stereocenters. The first-order chi connectivity index (χ1) is 8.38. The fraction of sp³-hybridized carbons (Fsp3) is 0.462. The van der Waals surface area contributed by atoms with E-state index >= 15 is 0 Å². The van der Waals surface area contributed by atoms with E-state index in [0.29, 0.717) is 10.9 Å². The van der Waals surface area contributed by atoms with Gasteiger partial charge in [0.2, 0.25) is 0 Å². The molecule has 0 unspecified atom stereocenters. The number of hydrogen-bond acceptors (Lipinski definition) is 1. The van der Waals surface area contributed by atoms with Gasteiger partial charge in [-0.05, 0) is 44.4 Å². The second-order valence-corrected chi connectivity index (χ2v) is 5.44. The Kier molecular flexibility index (Phi) is 3.23. The van der Waals surface area contributed by atoms with Crippen molar-refractivity contribution < 1.29 is 14.3 Å². The molecule has 0 aliphatic heterocycles. The molecule has 0 bridgehead atoms. The van der Waals surface area contributed by atoms with Crippen molar-refractivity contribution >= 4 is 17.4 Å². The zero-order valence-corrected chi connectivity index (χ0v) is 11.2. The first kappa shape index (κ1) is 13.1. The van der Waals surface area contributed by atoms with Crippen LogP contribution < -0.4 is 5.73 Å². The number of rotatable bonds is 3. The number of amidine groups is 1. The van der Waals surface area contributed by atoms with Gasteiger partial charge in [-0.2, -0.15) is 0 Å². The van der Waals surface area contributed by atoms with Gasteiger partial charge < -0.3 is 5.21 Å². The Balaban J connectivity index is 2.47. The molecular formula is C13H17ClFN2O+. The van der Waals surface area contributed by atoms with E-state index in [9.17, 15) is 9.60 Å². The highest BCUT2D eigenvalue weighted by Gasteiger charge is 2.54. The van der Waals surface area contributed by atoms with Gasteiger partial charge in [0.15, 0.2) is 0 Å². The molecule has 2 rings (SSSR count). The normalized spacial score (nSPS) is 18.7. The third kappa shape index (κ3) is 2.05. The van der Waals surface area contributed by atoms with Gasteiger partial charge in [-0.15, -0.1) is 0 Å². The smallest absolute Gasteiger partial charge is 0.292 e. The Morgan fingerprint density at radius 2 is 2.11 bits per heavy atom. The van der Waals surface area contributed by atoms with Crippen LogP contribution in [0.25, 0.3) is 0 Å². The predicted molar refractivity (Wildman–Crippen MR) is 68.7 cm³/mol. The Morgan fingerprint density at radius 3 is 2.56 bits per heavy atom. The number of nitrogens with zero attached hydrogens (tertiary/aromatic N) is 1. The number of hydroxylamine groups is 1. The molecule has 0 amide bonds. The average Bonchev–Trinajstić information content (AvgIpc) is 3.08. The SMILES string of the molecule is CC(C)[N+](O)=C(N)C1(c2ccc(F)cc2Cl)CC1. The summed E-state index contributed by atoms with van der Waals surface area (Å²) in [5, 5.41) is 10.3. The number of benzene rings is 1. The van der Waals surface area contributed by atoms with Gasteiger partial charge in [-0.1, -0.05) is 22.4 Å². The van der Waals surface area contributed by atoms with E-state index in [1.54, 1.807) is 6.07 Å². The van der Waals surface area contributed by atoms with Gasteiger partial charge in [0, 0.05) is 5.02 Å². The van der Waals surface area contributed by atoms with Crippen LogP contribution in [0.15, 0.2) is 18.2 Å². The number of nitrogens with two attached hydrogens (primary N) is 1. The van der Waals surface area contributed by atoms with Crippen molar-refractivity contribution in [3.05, 3.63) is 34.6 Å². The first-order valence-electron chi connectivity index (χ1n) is 5.95. The van der Waals surface area contributed by atoms with Crippen LogP contribution in [0.4, 0.5) is 4.39 Å². The van der Waals surface area contributed by atoms with E-state index in [0.717, 1.165) is 23.1 Å². The molecule has 1 saturated carbocycles. The highest BCUT2D eigenvalue weighted by Crippen LogP contribution is 2.50. The van der Waals surface area contributed by atoms with Crippen LogP contribution in [0.2, 0.25) is 5.02 Å². The van der Waals surface area contributed by atoms with Crippen LogP contribution >= 0.6 is 11.6 Å². The zero-order chi connectivity index (χ0) is 13.5. The van der Waals surface area contributed by atoms with Gasteiger partial charge in [0.1, 0.15) is 17.3 Å². The maximum absolute atomic E-state index is 13.1. The van der Waals surface area contributed by atoms with Crippen LogP contribution in [0.1, 0.15) is 32.3 Å². The van der Waals surface area contributed by atoms with Crippen molar-refractivity contribution in [1.82, 2.24) is 0 Å². The third-order valence-corrected chi connectivity index (χ3v) is 3.74. The van der Waals surface area contributed by atoms with Crippen molar-refractivity contribution in [1.29, 1.82) is 0 Å².